The maximum absolute atomic E-state index is 9.64. The van der Waals surface area contributed by atoms with E-state index in [9.17, 15) is 1.37 Å². The molecule has 3 heterocycles. The zero-order valence-corrected chi connectivity index (χ0v) is 43.6. The van der Waals surface area contributed by atoms with Gasteiger partial charge in [0.05, 0.1) is 5.58 Å². The van der Waals surface area contributed by atoms with Crippen LogP contribution in [0.15, 0.2) is 108 Å². The molecule has 0 spiro atoms. The van der Waals surface area contributed by atoms with Crippen molar-refractivity contribution in [1.82, 2.24) is 9.97 Å². The normalized spacial score (nSPS) is 27.0. The van der Waals surface area contributed by atoms with Crippen LogP contribution in [0.1, 0.15) is 146 Å². The van der Waals surface area contributed by atoms with E-state index >= 15 is 0 Å². The van der Waals surface area contributed by atoms with Gasteiger partial charge in [-0.3, -0.25) is 0 Å². The van der Waals surface area contributed by atoms with Crippen LogP contribution in [0.4, 0.5) is 0 Å². The molecule has 0 saturated heterocycles. The number of furan rings is 1. The average Bonchev–Trinajstić information content (AvgIpc) is 3.80. The summed E-state index contributed by atoms with van der Waals surface area (Å²) >= 11 is 0. The van der Waals surface area contributed by atoms with E-state index in [0.29, 0.717) is 62.5 Å². The van der Waals surface area contributed by atoms with Gasteiger partial charge in [0.15, 0.2) is 0 Å². The Kier molecular flexibility index (Phi) is 10.3. The van der Waals surface area contributed by atoms with Crippen molar-refractivity contribution in [3.63, 3.8) is 0 Å². The van der Waals surface area contributed by atoms with E-state index in [1.165, 1.54) is 18.1 Å². The molecule has 0 N–H and O–H groups in total. The smallest absolute Gasteiger partial charge is 0.500 e. The zero-order valence-electron chi connectivity index (χ0n) is 51.3. The van der Waals surface area contributed by atoms with Crippen LogP contribution in [0.25, 0.3) is 66.4 Å². The largest absolute Gasteiger partial charge is 2.00 e. The molecular formula is C65H70N2O2Pt. The minimum absolute atomic E-state index is 0. The summed E-state index contributed by atoms with van der Waals surface area (Å²) in [5, 5.41) is 3.46. The molecule has 0 bridgehead atoms. The third-order valence-electron chi connectivity index (χ3n) is 17.1. The van der Waals surface area contributed by atoms with Crippen LogP contribution in [-0.2, 0) is 21.1 Å². The third kappa shape index (κ3) is 9.10. The van der Waals surface area contributed by atoms with Gasteiger partial charge in [-0.2, -0.15) is 0 Å². The van der Waals surface area contributed by atoms with Gasteiger partial charge < -0.3 is 19.1 Å². The summed E-state index contributed by atoms with van der Waals surface area (Å²) in [4.78, 5) is 9.55. The Morgan fingerprint density at radius 2 is 1.49 bits per heavy atom. The molecule has 3 aromatic heterocycles. The Morgan fingerprint density at radius 3 is 2.26 bits per heavy atom. The summed E-state index contributed by atoms with van der Waals surface area (Å²) in [5.74, 6) is 2.07. The van der Waals surface area contributed by atoms with Crippen LogP contribution in [0.2, 0.25) is 0 Å². The zero-order chi connectivity index (χ0) is 56.2. The minimum Gasteiger partial charge on any atom is -0.500 e. The van der Waals surface area contributed by atoms with Gasteiger partial charge in [0, 0.05) is 48.4 Å². The van der Waals surface area contributed by atoms with Crippen molar-refractivity contribution in [3.8, 4) is 45.1 Å². The second-order valence-electron chi connectivity index (χ2n) is 22.2. The third-order valence-corrected chi connectivity index (χ3v) is 17.1. The molecule has 0 aliphatic heterocycles. The van der Waals surface area contributed by atoms with E-state index in [1.807, 2.05) is 48.7 Å². The van der Waals surface area contributed by atoms with E-state index in [-0.39, 0.29) is 72.2 Å². The quantitative estimate of drug-likeness (QED) is 0.142. The molecule has 4 nitrogen and oxygen atoms in total. The first-order chi connectivity index (χ1) is 37.2. The van der Waals surface area contributed by atoms with Crippen LogP contribution in [0, 0.1) is 80.0 Å². The Morgan fingerprint density at radius 1 is 0.714 bits per heavy atom. The van der Waals surface area contributed by atoms with Gasteiger partial charge in [0.1, 0.15) is 5.58 Å². The van der Waals surface area contributed by atoms with Crippen LogP contribution in [0.3, 0.4) is 0 Å². The number of fused-ring (bicyclic) bond motifs is 5. The summed E-state index contributed by atoms with van der Waals surface area (Å²) in [7, 11) is 0. The topological polar surface area (TPSA) is 48.2 Å². The maximum atomic E-state index is 9.64. The Bertz CT molecular complexity index is 3610. The fourth-order valence-electron chi connectivity index (χ4n) is 13.2. The number of hydrogen-bond donors (Lipinski definition) is 0. The van der Waals surface area contributed by atoms with Gasteiger partial charge in [-0.25, -0.2) is 0 Å². The average molecular weight is 1120 g/mol. The monoisotopic (exact) mass is 1120 g/mol. The fourth-order valence-corrected chi connectivity index (χ4v) is 13.2. The van der Waals surface area contributed by atoms with Crippen molar-refractivity contribution >= 4 is 32.7 Å². The van der Waals surface area contributed by atoms with Crippen LogP contribution < -0.4 is 4.74 Å². The first kappa shape index (κ1) is 37.7. The van der Waals surface area contributed by atoms with Gasteiger partial charge in [-0.15, -0.1) is 11.6 Å². The predicted octanol–water partition coefficient (Wildman–Crippen LogP) is 18.3. The number of hydrogen-bond acceptors (Lipinski definition) is 4. The van der Waals surface area contributed by atoms with Crippen molar-refractivity contribution < 1.29 is 43.9 Å². The molecule has 3 saturated carbocycles. The molecule has 6 atom stereocenters. The van der Waals surface area contributed by atoms with Crippen molar-refractivity contribution in [3.05, 3.63) is 143 Å². The molecule has 11 rings (SSSR count). The molecule has 70 heavy (non-hydrogen) atoms. The molecular weight excluding hydrogens is 1040 g/mol. The number of ether oxygens (including phenoxy) is 1. The predicted molar refractivity (Wildman–Crippen MR) is 286 cm³/mol. The number of pyridine rings is 2. The first-order valence-electron chi connectivity index (χ1n) is 30.3. The van der Waals surface area contributed by atoms with E-state index in [4.69, 9.17) is 26.5 Å². The van der Waals surface area contributed by atoms with Gasteiger partial charge in [0.25, 0.3) is 0 Å². The number of aryl methyl sites for hydroxylation is 3. The van der Waals surface area contributed by atoms with Gasteiger partial charge in [-0.05, 0) is 170 Å². The Balaban J connectivity index is 0.00000720. The number of nitrogens with zero attached hydrogens (tertiary/aromatic N) is 2. The molecule has 8 aromatic rings. The maximum Gasteiger partial charge on any atom is 2.00 e. The van der Waals surface area contributed by atoms with Gasteiger partial charge in [-0.1, -0.05) is 166 Å². The van der Waals surface area contributed by atoms with E-state index < -0.39 is 31.7 Å². The summed E-state index contributed by atoms with van der Waals surface area (Å²) in [6, 6.07) is 34.6. The second-order valence-corrected chi connectivity index (χ2v) is 22.2. The molecule has 3 fully saturated rings. The fraction of sp³-hybridized carbons (Fsp3) is 0.415. The summed E-state index contributed by atoms with van der Waals surface area (Å²) in [5.41, 5.74) is 5.45. The van der Waals surface area contributed by atoms with E-state index in [2.05, 4.69) is 64.7 Å². The van der Waals surface area contributed by atoms with E-state index in [1.54, 1.807) is 36.4 Å². The molecule has 6 unspecified atom stereocenters. The number of aromatic nitrogens is 2. The number of rotatable bonds is 8. The number of benzene rings is 5. The first-order valence-corrected chi connectivity index (χ1v) is 25.3. The molecule has 5 heteroatoms. The molecule has 0 radical (unpaired) electrons. The van der Waals surface area contributed by atoms with Gasteiger partial charge >= 0.3 is 21.1 Å². The molecule has 3 aliphatic rings. The summed E-state index contributed by atoms with van der Waals surface area (Å²) in [6.45, 7) is 6.00. The Hall–Kier alpha value is -5.05. The second kappa shape index (κ2) is 19.2. The van der Waals surface area contributed by atoms with E-state index in [0.717, 1.165) is 85.7 Å². The molecule has 3 aliphatic carbocycles. The molecule has 0 amide bonds. The summed E-state index contributed by atoms with van der Waals surface area (Å²) < 4.78 is 99.6. The molecule has 362 valence electrons. The standard InChI is InChI=1S/C65H70N2O2.Pt/c1-39-30-59(66-37-42(39)4)49-31-55(46-15-11-10-12-16-46)44(6)61(32-49)68-50-33-56-53-21-19-47-17-13-14-18-52(47)62(53)69-63(56)57(34-50)60-35-54(43(5)38-67-60)51-25-28-65(9,36-41(51)3)58-22-20-48(29-40(58)2)45-23-26-64(7,8)27-24-45;/h10-19,21,30-31,33,35,37-38,40-41,45,48,51,58H,20,22-29,36H2,1-9H3;/q-2;+2/i1D3,4D3,6D3,45D;. The van der Waals surface area contributed by atoms with Crippen molar-refractivity contribution in [2.24, 2.45) is 40.4 Å². The van der Waals surface area contributed by atoms with Crippen molar-refractivity contribution in [2.45, 2.75) is 132 Å². The van der Waals surface area contributed by atoms with Crippen LogP contribution in [0.5, 0.6) is 11.5 Å². The Labute approximate surface area is 445 Å². The minimum atomic E-state index is -2.81. The SMILES string of the molecule is [2H]C([2H])([2H])c1cnc(-c2[c-]c(Oc3[c-]c(-c4cc(C5CCC(C)(C6CCC(C7([2H])CCC(C)(C)CC7)CC6C)CC5C)c(C)cn4)c4oc5c6ccccc6ccc5c4c3)c(C([2H])([2H])[2H])c(-c3ccccc3)c2)cc1C([2H])([2H])[2H].[Pt+2]. The van der Waals surface area contributed by atoms with Crippen LogP contribution in [-0.4, -0.2) is 9.97 Å². The van der Waals surface area contributed by atoms with Crippen molar-refractivity contribution in [1.29, 1.82) is 0 Å². The van der Waals surface area contributed by atoms with Gasteiger partial charge in [0.2, 0.25) is 0 Å². The molecule has 5 aromatic carbocycles. The van der Waals surface area contributed by atoms with Crippen molar-refractivity contribution in [2.75, 3.05) is 0 Å². The van der Waals surface area contributed by atoms with Crippen LogP contribution >= 0.6 is 0 Å². The summed E-state index contributed by atoms with van der Waals surface area (Å²) in [6.07, 6.45) is 14.1.